The lowest BCUT2D eigenvalue weighted by Crippen LogP contribution is -2.12. The summed E-state index contributed by atoms with van der Waals surface area (Å²) in [4.78, 5) is 22.8. The van der Waals surface area contributed by atoms with Crippen molar-refractivity contribution in [3.05, 3.63) is 65.7 Å². The summed E-state index contributed by atoms with van der Waals surface area (Å²) >= 11 is 0. The van der Waals surface area contributed by atoms with E-state index in [-0.39, 0.29) is 25.6 Å². The van der Waals surface area contributed by atoms with Crippen LogP contribution >= 0.6 is 0 Å². The van der Waals surface area contributed by atoms with Gasteiger partial charge in [0.2, 0.25) is 0 Å². The lowest BCUT2D eigenvalue weighted by Gasteiger charge is -2.07. The van der Waals surface area contributed by atoms with Crippen molar-refractivity contribution in [1.82, 2.24) is 0 Å². The van der Waals surface area contributed by atoms with E-state index in [1.807, 2.05) is 30.3 Å². The first-order valence-corrected chi connectivity index (χ1v) is 7.15. The third-order valence-corrected chi connectivity index (χ3v) is 3.10. The minimum absolute atomic E-state index is 0.144. The Morgan fingerprint density at radius 1 is 0.870 bits per heavy atom. The molecular formula is C18H18O5. The van der Waals surface area contributed by atoms with Crippen LogP contribution in [0.2, 0.25) is 0 Å². The predicted octanol–water partition coefficient (Wildman–Crippen LogP) is 2.52. The van der Waals surface area contributed by atoms with Gasteiger partial charge in [-0.05, 0) is 23.3 Å². The second kappa shape index (κ2) is 8.58. The van der Waals surface area contributed by atoms with Crippen LogP contribution in [0.5, 0.6) is 5.75 Å². The molecular weight excluding hydrogens is 296 g/mol. The highest BCUT2D eigenvalue weighted by atomic mass is 16.6. The van der Waals surface area contributed by atoms with E-state index in [1.165, 1.54) is 7.11 Å². The molecule has 0 spiro atoms. The van der Waals surface area contributed by atoms with E-state index < -0.39 is 5.97 Å². The van der Waals surface area contributed by atoms with Crippen LogP contribution in [0.4, 0.5) is 0 Å². The van der Waals surface area contributed by atoms with Gasteiger partial charge in [0.25, 0.3) is 0 Å². The number of hydrogen-bond donors (Lipinski definition) is 0. The zero-order valence-electron chi connectivity index (χ0n) is 12.9. The molecule has 0 aliphatic carbocycles. The smallest absolute Gasteiger partial charge is 0.343 e. The molecule has 0 unspecified atom stereocenters. The first-order valence-electron chi connectivity index (χ1n) is 7.15. The molecule has 0 aliphatic heterocycles. The molecule has 5 nitrogen and oxygen atoms in total. The van der Waals surface area contributed by atoms with Crippen LogP contribution in [-0.4, -0.2) is 25.7 Å². The highest BCUT2D eigenvalue weighted by molar-refractivity contribution is 5.72. The van der Waals surface area contributed by atoms with Gasteiger partial charge in [0, 0.05) is 0 Å². The minimum atomic E-state index is -0.446. The molecule has 0 fully saturated rings. The zero-order valence-corrected chi connectivity index (χ0v) is 12.9. The van der Waals surface area contributed by atoms with Crippen molar-refractivity contribution >= 4 is 11.9 Å². The van der Waals surface area contributed by atoms with E-state index in [9.17, 15) is 9.59 Å². The molecule has 0 heterocycles. The fraction of sp³-hybridized carbons (Fsp3) is 0.222. The monoisotopic (exact) mass is 314 g/mol. The topological polar surface area (TPSA) is 61.8 Å². The summed E-state index contributed by atoms with van der Waals surface area (Å²) in [5.41, 5.74) is 1.76. The van der Waals surface area contributed by atoms with E-state index in [2.05, 4.69) is 4.74 Å². The number of methoxy groups -OCH3 is 1. The number of benzene rings is 2. The summed E-state index contributed by atoms with van der Waals surface area (Å²) in [7, 11) is 1.30. The van der Waals surface area contributed by atoms with Crippen molar-refractivity contribution in [3.8, 4) is 5.75 Å². The Kier molecular flexibility index (Phi) is 6.17. The first kappa shape index (κ1) is 16.5. The van der Waals surface area contributed by atoms with Crippen LogP contribution in [0.15, 0.2) is 54.6 Å². The molecule has 2 aromatic carbocycles. The molecule has 0 atom stereocenters. The van der Waals surface area contributed by atoms with Crippen LogP contribution < -0.4 is 4.74 Å². The van der Waals surface area contributed by atoms with Crippen LogP contribution in [0.25, 0.3) is 0 Å². The molecule has 2 rings (SSSR count). The van der Waals surface area contributed by atoms with Gasteiger partial charge in [-0.15, -0.1) is 0 Å². The number of carbonyl (C=O) groups is 2. The molecule has 0 aromatic heterocycles. The molecule has 0 N–H and O–H groups in total. The van der Waals surface area contributed by atoms with E-state index >= 15 is 0 Å². The van der Waals surface area contributed by atoms with Crippen molar-refractivity contribution in [2.45, 2.75) is 13.0 Å². The fourth-order valence-electron chi connectivity index (χ4n) is 1.86. The van der Waals surface area contributed by atoms with E-state index in [0.29, 0.717) is 5.75 Å². The Bertz CT molecular complexity index is 634. The molecule has 0 saturated carbocycles. The van der Waals surface area contributed by atoms with Gasteiger partial charge in [-0.3, -0.25) is 4.79 Å². The molecule has 0 radical (unpaired) electrons. The fourth-order valence-corrected chi connectivity index (χ4v) is 1.86. The van der Waals surface area contributed by atoms with Gasteiger partial charge in [-0.1, -0.05) is 42.5 Å². The Hall–Kier alpha value is -2.82. The molecule has 0 bridgehead atoms. The van der Waals surface area contributed by atoms with Gasteiger partial charge in [0.1, 0.15) is 12.4 Å². The highest BCUT2D eigenvalue weighted by Gasteiger charge is 2.06. The maximum Gasteiger partial charge on any atom is 0.343 e. The van der Waals surface area contributed by atoms with E-state index in [4.69, 9.17) is 9.47 Å². The lowest BCUT2D eigenvalue weighted by atomic mass is 10.1. The van der Waals surface area contributed by atoms with Gasteiger partial charge in [-0.25, -0.2) is 4.79 Å². The van der Waals surface area contributed by atoms with Crippen LogP contribution in [-0.2, 0) is 32.1 Å². The molecule has 2 aromatic rings. The summed E-state index contributed by atoms with van der Waals surface area (Å²) in [6.45, 7) is 0.120. The number of esters is 2. The van der Waals surface area contributed by atoms with Gasteiger partial charge in [-0.2, -0.15) is 0 Å². The number of ether oxygens (including phenoxy) is 3. The second-order valence-corrected chi connectivity index (χ2v) is 4.83. The SMILES string of the molecule is COC(=O)COc1ccc(CC(=O)OCc2ccccc2)cc1. The first-order chi connectivity index (χ1) is 11.2. The van der Waals surface area contributed by atoms with Crippen LogP contribution in [0.1, 0.15) is 11.1 Å². The summed E-state index contributed by atoms with van der Waals surface area (Å²) in [6, 6.07) is 16.4. The van der Waals surface area contributed by atoms with Gasteiger partial charge in [0.15, 0.2) is 6.61 Å². The second-order valence-electron chi connectivity index (χ2n) is 4.83. The van der Waals surface area contributed by atoms with Crippen molar-refractivity contribution < 1.29 is 23.8 Å². The lowest BCUT2D eigenvalue weighted by molar-refractivity contribution is -0.144. The average molecular weight is 314 g/mol. The van der Waals surface area contributed by atoms with E-state index in [0.717, 1.165) is 11.1 Å². The van der Waals surface area contributed by atoms with Gasteiger partial charge < -0.3 is 14.2 Å². The quantitative estimate of drug-likeness (QED) is 0.735. The van der Waals surface area contributed by atoms with Gasteiger partial charge in [0.05, 0.1) is 13.5 Å². The number of carbonyl (C=O) groups excluding carboxylic acids is 2. The van der Waals surface area contributed by atoms with Crippen molar-refractivity contribution in [1.29, 1.82) is 0 Å². The van der Waals surface area contributed by atoms with Crippen molar-refractivity contribution in [2.24, 2.45) is 0 Å². The maximum atomic E-state index is 11.8. The molecule has 0 amide bonds. The Balaban J connectivity index is 1.78. The normalized spacial score (nSPS) is 9.96. The zero-order chi connectivity index (χ0) is 16.5. The third kappa shape index (κ3) is 5.82. The molecule has 23 heavy (non-hydrogen) atoms. The number of hydrogen-bond acceptors (Lipinski definition) is 5. The molecule has 5 heteroatoms. The molecule has 0 saturated heterocycles. The van der Waals surface area contributed by atoms with Crippen LogP contribution in [0, 0.1) is 0 Å². The summed E-state index contributed by atoms with van der Waals surface area (Å²) in [5, 5.41) is 0. The maximum absolute atomic E-state index is 11.8. The van der Waals surface area contributed by atoms with E-state index in [1.54, 1.807) is 24.3 Å². The van der Waals surface area contributed by atoms with Crippen molar-refractivity contribution in [3.63, 3.8) is 0 Å². The average Bonchev–Trinajstić information content (AvgIpc) is 2.60. The third-order valence-electron chi connectivity index (χ3n) is 3.10. The largest absolute Gasteiger partial charge is 0.482 e. The highest BCUT2D eigenvalue weighted by Crippen LogP contribution is 2.13. The summed E-state index contributed by atoms with van der Waals surface area (Å²) in [5.74, 6) is -0.201. The Morgan fingerprint density at radius 2 is 1.57 bits per heavy atom. The predicted molar refractivity (Wildman–Crippen MR) is 83.9 cm³/mol. The Morgan fingerprint density at radius 3 is 2.22 bits per heavy atom. The van der Waals surface area contributed by atoms with Crippen molar-refractivity contribution in [2.75, 3.05) is 13.7 Å². The molecule has 0 aliphatic rings. The summed E-state index contributed by atoms with van der Waals surface area (Å²) < 4.78 is 14.9. The van der Waals surface area contributed by atoms with Crippen LogP contribution in [0.3, 0.4) is 0 Å². The molecule has 120 valence electrons. The minimum Gasteiger partial charge on any atom is -0.482 e. The van der Waals surface area contributed by atoms with Gasteiger partial charge >= 0.3 is 11.9 Å². The number of rotatable bonds is 7. The Labute approximate surface area is 134 Å². The standard InChI is InChI=1S/C18H18O5/c1-21-18(20)13-22-16-9-7-14(8-10-16)11-17(19)23-12-15-5-3-2-4-6-15/h2-10H,11-13H2,1H3. The summed E-state index contributed by atoms with van der Waals surface area (Å²) in [6.07, 6.45) is 0.185.